The van der Waals surface area contributed by atoms with Crippen LogP contribution >= 0.6 is 0 Å². The molecule has 5 heteroatoms. The first-order valence-electron chi connectivity index (χ1n) is 5.29. The minimum atomic E-state index is -2.51. The van der Waals surface area contributed by atoms with Crippen molar-refractivity contribution in [3.05, 3.63) is 0 Å². The molecule has 82 valence electrons. The van der Waals surface area contributed by atoms with Crippen LogP contribution in [0.15, 0.2) is 0 Å². The summed E-state index contributed by atoms with van der Waals surface area (Å²) in [6, 6.07) is 0. The van der Waals surface area contributed by atoms with Gasteiger partial charge in [-0.2, -0.15) is 0 Å². The highest BCUT2D eigenvalue weighted by Crippen LogP contribution is 2.28. The van der Waals surface area contributed by atoms with E-state index in [0.717, 1.165) is 19.3 Å². The normalized spacial score (nSPS) is 36.9. The molecule has 0 spiro atoms. The second-order valence-corrected chi connectivity index (χ2v) is 6.35. The van der Waals surface area contributed by atoms with Crippen molar-refractivity contribution in [2.75, 3.05) is 18.8 Å². The van der Waals surface area contributed by atoms with Gasteiger partial charge in [-0.05, 0) is 19.3 Å². The minimum Gasteiger partial charge on any atom is -0.372 e. The quantitative estimate of drug-likeness (QED) is 0.774. The molecule has 3 unspecified atom stereocenters. The molecule has 0 aliphatic carbocycles. The Labute approximate surface area is 85.7 Å². The Morgan fingerprint density at radius 1 is 1.43 bits per heavy atom. The summed E-state index contributed by atoms with van der Waals surface area (Å²) in [4.78, 5) is 0. The summed E-state index contributed by atoms with van der Waals surface area (Å²) < 4.78 is 27.3. The predicted molar refractivity (Wildman–Crippen MR) is 55.5 cm³/mol. The number of hydrogen-bond donors (Lipinski definition) is 1. The van der Waals surface area contributed by atoms with Crippen molar-refractivity contribution in [1.29, 1.82) is 4.78 Å². The average molecular weight is 218 g/mol. The third-order valence-corrected chi connectivity index (χ3v) is 5.00. The Bertz CT molecular complexity index is 290. The van der Waals surface area contributed by atoms with Crippen LogP contribution in [0.2, 0.25) is 0 Å². The van der Waals surface area contributed by atoms with E-state index in [1.54, 1.807) is 0 Å². The lowest BCUT2D eigenvalue weighted by Crippen LogP contribution is -2.46. The van der Waals surface area contributed by atoms with Crippen LogP contribution in [-0.2, 0) is 14.7 Å². The first-order chi connectivity index (χ1) is 6.62. The van der Waals surface area contributed by atoms with E-state index in [-0.39, 0.29) is 12.2 Å². The van der Waals surface area contributed by atoms with Crippen LogP contribution in [0.3, 0.4) is 0 Å². The zero-order chi connectivity index (χ0) is 10.2. The Kier molecular flexibility index (Phi) is 2.81. The zero-order valence-electron chi connectivity index (χ0n) is 8.57. The molecule has 3 atom stereocenters. The van der Waals surface area contributed by atoms with E-state index in [9.17, 15) is 4.21 Å². The molecule has 2 rings (SSSR count). The number of rotatable bonds is 3. The fourth-order valence-electron chi connectivity index (χ4n) is 2.22. The molecule has 2 saturated heterocycles. The fourth-order valence-corrected chi connectivity index (χ4v) is 3.85. The highest BCUT2D eigenvalue weighted by Gasteiger charge is 2.36. The summed E-state index contributed by atoms with van der Waals surface area (Å²) in [5.74, 6) is 0.492. The first-order valence-corrected chi connectivity index (χ1v) is 6.97. The molecule has 2 aliphatic heterocycles. The van der Waals surface area contributed by atoms with Crippen LogP contribution in [0.4, 0.5) is 0 Å². The van der Waals surface area contributed by atoms with Crippen LogP contribution in [0.25, 0.3) is 0 Å². The summed E-state index contributed by atoms with van der Waals surface area (Å²) in [6.07, 6.45) is 3.43. The fraction of sp³-hybridized carbons (Fsp3) is 1.00. The summed E-state index contributed by atoms with van der Waals surface area (Å²) in [5.41, 5.74) is 0. The predicted octanol–water partition coefficient (Wildman–Crippen LogP) is 1.22. The molecule has 4 nitrogen and oxygen atoms in total. The molecule has 0 aromatic rings. The van der Waals surface area contributed by atoms with Gasteiger partial charge in [-0.1, -0.05) is 6.92 Å². The lowest BCUT2D eigenvalue weighted by atomic mass is 10.2. The van der Waals surface area contributed by atoms with Gasteiger partial charge in [0.15, 0.2) is 0 Å². The Balaban J connectivity index is 2.05. The second-order valence-electron chi connectivity index (χ2n) is 4.15. The van der Waals surface area contributed by atoms with E-state index >= 15 is 0 Å². The lowest BCUT2D eigenvalue weighted by Gasteiger charge is -2.32. The molecular formula is C9H18N2O2S. The molecule has 0 aromatic carbocycles. The maximum Gasteiger partial charge on any atom is 0.107 e. The Morgan fingerprint density at radius 3 is 2.50 bits per heavy atom. The molecule has 2 heterocycles. The number of fused-ring (bicyclic) bond motifs is 2. The van der Waals surface area contributed by atoms with Gasteiger partial charge in [0.05, 0.1) is 12.2 Å². The van der Waals surface area contributed by atoms with E-state index in [1.165, 1.54) is 0 Å². The van der Waals surface area contributed by atoms with Gasteiger partial charge in [-0.15, -0.1) is 0 Å². The number of morpholine rings is 1. The van der Waals surface area contributed by atoms with Crippen molar-refractivity contribution in [2.24, 2.45) is 0 Å². The standard InChI is InChI=1S/C9H18N2O2S/c1-2-5-14(10,12)11-6-8-3-4-9(7-11)13-8/h8-10H,2-7H2,1H3. The van der Waals surface area contributed by atoms with Crippen molar-refractivity contribution < 1.29 is 8.95 Å². The van der Waals surface area contributed by atoms with Gasteiger partial charge in [0.1, 0.15) is 9.92 Å². The van der Waals surface area contributed by atoms with E-state index < -0.39 is 9.92 Å². The SMILES string of the molecule is CCCS(=N)(=O)N1CC2CCC(C1)O2. The summed E-state index contributed by atoms with van der Waals surface area (Å²) in [7, 11) is -2.51. The molecule has 0 amide bonds. The highest BCUT2D eigenvalue weighted by molar-refractivity contribution is 7.90. The van der Waals surface area contributed by atoms with Crippen molar-refractivity contribution in [3.8, 4) is 0 Å². The summed E-state index contributed by atoms with van der Waals surface area (Å²) in [6.45, 7) is 3.36. The van der Waals surface area contributed by atoms with Crippen molar-refractivity contribution in [2.45, 2.75) is 38.4 Å². The van der Waals surface area contributed by atoms with Crippen molar-refractivity contribution in [1.82, 2.24) is 4.31 Å². The van der Waals surface area contributed by atoms with Crippen molar-refractivity contribution >= 4 is 9.92 Å². The molecule has 2 fully saturated rings. The maximum absolute atomic E-state index is 12.0. The van der Waals surface area contributed by atoms with E-state index in [0.29, 0.717) is 18.8 Å². The minimum absolute atomic E-state index is 0.233. The third kappa shape index (κ3) is 1.94. The monoisotopic (exact) mass is 218 g/mol. The average Bonchev–Trinajstić information content (AvgIpc) is 2.45. The Morgan fingerprint density at radius 2 is 2.00 bits per heavy atom. The van der Waals surface area contributed by atoms with E-state index in [1.807, 2.05) is 11.2 Å². The van der Waals surface area contributed by atoms with Gasteiger partial charge in [-0.25, -0.2) is 13.3 Å². The highest BCUT2D eigenvalue weighted by atomic mass is 32.2. The molecular weight excluding hydrogens is 200 g/mol. The molecule has 14 heavy (non-hydrogen) atoms. The zero-order valence-corrected chi connectivity index (χ0v) is 9.39. The molecule has 2 bridgehead atoms. The van der Waals surface area contributed by atoms with Crippen LogP contribution in [0.1, 0.15) is 26.2 Å². The Hall–Kier alpha value is -0.130. The van der Waals surface area contributed by atoms with Gasteiger partial charge in [-0.3, -0.25) is 0 Å². The number of nitrogens with one attached hydrogen (secondary N) is 1. The van der Waals surface area contributed by atoms with Crippen LogP contribution in [0.5, 0.6) is 0 Å². The summed E-state index contributed by atoms with van der Waals surface area (Å²) in [5, 5.41) is 0. The molecule has 0 radical (unpaired) electrons. The number of nitrogens with zero attached hydrogens (tertiary/aromatic N) is 1. The van der Waals surface area contributed by atoms with Gasteiger partial charge in [0.2, 0.25) is 0 Å². The first kappa shape index (κ1) is 10.4. The molecule has 2 aliphatic rings. The van der Waals surface area contributed by atoms with Crippen LogP contribution in [0, 0.1) is 4.78 Å². The topological polar surface area (TPSA) is 53.4 Å². The maximum atomic E-state index is 12.0. The molecule has 0 aromatic heterocycles. The van der Waals surface area contributed by atoms with Gasteiger partial charge >= 0.3 is 0 Å². The van der Waals surface area contributed by atoms with Gasteiger partial charge < -0.3 is 4.74 Å². The van der Waals surface area contributed by atoms with E-state index in [2.05, 4.69) is 0 Å². The van der Waals surface area contributed by atoms with E-state index in [4.69, 9.17) is 9.52 Å². The smallest absolute Gasteiger partial charge is 0.107 e. The third-order valence-electron chi connectivity index (χ3n) is 2.91. The van der Waals surface area contributed by atoms with Gasteiger partial charge in [0.25, 0.3) is 0 Å². The second kappa shape index (κ2) is 3.79. The van der Waals surface area contributed by atoms with Crippen molar-refractivity contribution in [3.63, 3.8) is 0 Å². The summed E-state index contributed by atoms with van der Waals surface area (Å²) >= 11 is 0. The molecule has 1 N–H and O–H groups in total. The lowest BCUT2D eigenvalue weighted by molar-refractivity contribution is -0.0105. The van der Waals surface area contributed by atoms with Crippen LogP contribution < -0.4 is 0 Å². The number of ether oxygens (including phenoxy) is 1. The largest absolute Gasteiger partial charge is 0.372 e. The van der Waals surface area contributed by atoms with Crippen LogP contribution in [-0.4, -0.2) is 39.6 Å². The van der Waals surface area contributed by atoms with Gasteiger partial charge in [0, 0.05) is 18.8 Å². The molecule has 0 saturated carbocycles. The number of hydrogen-bond acceptors (Lipinski definition) is 3.